The molecule has 2 saturated heterocycles. The highest BCUT2D eigenvalue weighted by Crippen LogP contribution is 2.31. The van der Waals surface area contributed by atoms with Crippen molar-refractivity contribution in [2.24, 2.45) is 11.1 Å². The first-order valence-electron chi connectivity index (χ1n) is 9.12. The van der Waals surface area contributed by atoms with Crippen LogP contribution in [0.25, 0.3) is 0 Å². The summed E-state index contributed by atoms with van der Waals surface area (Å²) in [4.78, 5) is 15.3. The second-order valence-corrected chi connectivity index (χ2v) is 7.09. The van der Waals surface area contributed by atoms with E-state index >= 15 is 0 Å². The zero-order valence-electron chi connectivity index (χ0n) is 15.2. The van der Waals surface area contributed by atoms with E-state index in [1.807, 2.05) is 12.1 Å². The fraction of sp³-hybridized carbons (Fsp3) is 0.632. The zero-order valence-corrected chi connectivity index (χ0v) is 16.9. The molecule has 5 nitrogen and oxygen atoms in total. The highest BCUT2D eigenvalue weighted by atomic mass is 35.5. The molecule has 2 aliphatic rings. The van der Waals surface area contributed by atoms with Crippen molar-refractivity contribution < 1.29 is 9.53 Å². The normalized spacial score (nSPS) is 19.7. The van der Waals surface area contributed by atoms with Crippen LogP contribution >= 0.6 is 24.8 Å². The number of hydrogen-bond acceptors (Lipinski definition) is 4. The third kappa shape index (κ3) is 5.83. The van der Waals surface area contributed by atoms with E-state index in [0.717, 1.165) is 12.2 Å². The standard InChI is InChI=1S/C19H29N3O2.2ClH/c20-15-19(7-11-24-12-8-19)18(23)21-17-6-4-5-16(13-17)14-22-9-2-1-3-10-22;;/h4-6,13H,1-3,7-12,14-15,20H2,(H,21,23);2*1H. The van der Waals surface area contributed by atoms with Crippen LogP contribution in [0.1, 0.15) is 37.7 Å². The largest absolute Gasteiger partial charge is 0.381 e. The molecule has 26 heavy (non-hydrogen) atoms. The first-order valence-corrected chi connectivity index (χ1v) is 9.12. The van der Waals surface area contributed by atoms with Gasteiger partial charge in [-0.15, -0.1) is 24.8 Å². The average Bonchev–Trinajstić information content (AvgIpc) is 2.63. The number of likely N-dealkylation sites (tertiary alicyclic amines) is 1. The van der Waals surface area contributed by atoms with E-state index in [2.05, 4.69) is 22.3 Å². The van der Waals surface area contributed by atoms with Gasteiger partial charge in [-0.1, -0.05) is 18.6 Å². The van der Waals surface area contributed by atoms with Crippen LogP contribution in [0.5, 0.6) is 0 Å². The molecular formula is C19H31Cl2N3O2. The highest BCUT2D eigenvalue weighted by molar-refractivity contribution is 5.95. The van der Waals surface area contributed by atoms with Gasteiger partial charge in [0.05, 0.1) is 5.41 Å². The van der Waals surface area contributed by atoms with Gasteiger partial charge in [0.25, 0.3) is 0 Å². The summed E-state index contributed by atoms with van der Waals surface area (Å²) in [6.45, 7) is 4.90. The average molecular weight is 404 g/mol. The minimum absolute atomic E-state index is 0. The number of carbonyl (C=O) groups is 1. The molecule has 1 aromatic carbocycles. The summed E-state index contributed by atoms with van der Waals surface area (Å²) in [5.41, 5.74) is 7.56. The van der Waals surface area contributed by atoms with Crippen molar-refractivity contribution in [3.8, 4) is 0 Å². The lowest BCUT2D eigenvalue weighted by atomic mass is 9.79. The predicted molar refractivity (Wildman–Crippen MR) is 110 cm³/mol. The van der Waals surface area contributed by atoms with E-state index < -0.39 is 5.41 Å². The molecule has 148 valence electrons. The lowest BCUT2D eigenvalue weighted by Gasteiger charge is -2.34. The van der Waals surface area contributed by atoms with Gasteiger partial charge in [0, 0.05) is 32.0 Å². The van der Waals surface area contributed by atoms with Crippen molar-refractivity contribution in [3.05, 3.63) is 29.8 Å². The fourth-order valence-corrected chi connectivity index (χ4v) is 3.67. The van der Waals surface area contributed by atoms with Gasteiger partial charge >= 0.3 is 0 Å². The van der Waals surface area contributed by atoms with Gasteiger partial charge in [0.15, 0.2) is 0 Å². The molecule has 0 unspecified atom stereocenters. The topological polar surface area (TPSA) is 67.6 Å². The molecule has 0 aliphatic carbocycles. The summed E-state index contributed by atoms with van der Waals surface area (Å²) in [7, 11) is 0. The van der Waals surface area contributed by atoms with Crippen molar-refractivity contribution in [1.82, 2.24) is 4.90 Å². The van der Waals surface area contributed by atoms with E-state index in [1.165, 1.54) is 37.9 Å². The maximum Gasteiger partial charge on any atom is 0.232 e. The number of amides is 1. The zero-order chi connectivity index (χ0) is 16.8. The molecule has 3 N–H and O–H groups in total. The molecule has 2 fully saturated rings. The lowest BCUT2D eigenvalue weighted by molar-refractivity contribution is -0.130. The minimum atomic E-state index is -0.485. The Balaban J connectivity index is 0.00000169. The molecule has 1 aromatic rings. The number of piperidine rings is 1. The molecule has 0 spiro atoms. The Kier molecular flexibility index (Phi) is 9.90. The number of ether oxygens (including phenoxy) is 1. The Morgan fingerprint density at radius 2 is 1.85 bits per heavy atom. The molecular weight excluding hydrogens is 373 g/mol. The molecule has 2 heterocycles. The van der Waals surface area contributed by atoms with Crippen LogP contribution in [0.15, 0.2) is 24.3 Å². The molecule has 0 aromatic heterocycles. The number of halogens is 2. The van der Waals surface area contributed by atoms with E-state index in [9.17, 15) is 4.79 Å². The van der Waals surface area contributed by atoms with Gasteiger partial charge in [0.1, 0.15) is 0 Å². The quantitative estimate of drug-likeness (QED) is 0.791. The summed E-state index contributed by atoms with van der Waals surface area (Å²) >= 11 is 0. The van der Waals surface area contributed by atoms with Crippen molar-refractivity contribution >= 4 is 36.4 Å². The third-order valence-corrected chi connectivity index (χ3v) is 5.36. The molecule has 2 aliphatic heterocycles. The van der Waals surface area contributed by atoms with Crippen LogP contribution < -0.4 is 11.1 Å². The first kappa shape index (κ1) is 23.2. The summed E-state index contributed by atoms with van der Waals surface area (Å²) in [5.74, 6) is 0.0309. The van der Waals surface area contributed by atoms with Gasteiger partial charge < -0.3 is 15.8 Å². The van der Waals surface area contributed by atoms with E-state index in [0.29, 0.717) is 32.6 Å². The Morgan fingerprint density at radius 1 is 1.15 bits per heavy atom. The number of hydrogen-bond donors (Lipinski definition) is 2. The lowest BCUT2D eigenvalue weighted by Crippen LogP contribution is -2.46. The SMILES string of the molecule is Cl.Cl.NCC1(C(=O)Nc2cccc(CN3CCCCC3)c2)CCOCC1. The summed E-state index contributed by atoms with van der Waals surface area (Å²) < 4.78 is 5.39. The van der Waals surface area contributed by atoms with Crippen LogP contribution in [0.4, 0.5) is 5.69 Å². The van der Waals surface area contributed by atoms with Gasteiger partial charge in [-0.3, -0.25) is 9.69 Å². The van der Waals surface area contributed by atoms with Gasteiger partial charge in [-0.25, -0.2) is 0 Å². The minimum Gasteiger partial charge on any atom is -0.381 e. The maximum absolute atomic E-state index is 12.8. The van der Waals surface area contributed by atoms with E-state index in [-0.39, 0.29) is 30.7 Å². The van der Waals surface area contributed by atoms with E-state index in [1.54, 1.807) is 0 Å². The molecule has 0 atom stereocenters. The summed E-state index contributed by atoms with van der Waals surface area (Å²) in [6, 6.07) is 8.21. The second kappa shape index (κ2) is 11.1. The number of nitrogens with one attached hydrogen (secondary N) is 1. The van der Waals surface area contributed by atoms with Gasteiger partial charge in [0.2, 0.25) is 5.91 Å². The highest BCUT2D eigenvalue weighted by Gasteiger charge is 2.38. The smallest absolute Gasteiger partial charge is 0.232 e. The van der Waals surface area contributed by atoms with Crippen molar-refractivity contribution in [3.63, 3.8) is 0 Å². The molecule has 7 heteroatoms. The van der Waals surface area contributed by atoms with Gasteiger partial charge in [-0.05, 0) is 56.5 Å². The molecule has 0 bridgehead atoms. The second-order valence-electron chi connectivity index (χ2n) is 7.09. The van der Waals surface area contributed by atoms with Crippen molar-refractivity contribution in [2.45, 2.75) is 38.6 Å². The van der Waals surface area contributed by atoms with Crippen molar-refractivity contribution in [1.29, 1.82) is 0 Å². The van der Waals surface area contributed by atoms with Crippen LogP contribution in [0.3, 0.4) is 0 Å². The molecule has 1 amide bonds. The van der Waals surface area contributed by atoms with Crippen LogP contribution in [0.2, 0.25) is 0 Å². The Morgan fingerprint density at radius 3 is 2.50 bits per heavy atom. The Hall–Kier alpha value is -0.850. The van der Waals surface area contributed by atoms with Gasteiger partial charge in [-0.2, -0.15) is 0 Å². The molecule has 3 rings (SSSR count). The number of anilines is 1. The van der Waals surface area contributed by atoms with E-state index in [4.69, 9.17) is 10.5 Å². The third-order valence-electron chi connectivity index (χ3n) is 5.36. The number of nitrogens with two attached hydrogens (primary N) is 1. The first-order chi connectivity index (χ1) is 11.7. The Bertz CT molecular complexity index is 559. The number of benzene rings is 1. The fourth-order valence-electron chi connectivity index (χ4n) is 3.67. The number of carbonyl (C=O) groups excluding carboxylic acids is 1. The maximum atomic E-state index is 12.8. The van der Waals surface area contributed by atoms with Crippen LogP contribution in [0, 0.1) is 5.41 Å². The number of nitrogens with zero attached hydrogens (tertiary/aromatic N) is 1. The molecule has 0 radical (unpaired) electrons. The number of rotatable bonds is 5. The summed E-state index contributed by atoms with van der Waals surface area (Å²) in [5, 5.41) is 3.09. The van der Waals surface area contributed by atoms with Crippen molar-refractivity contribution in [2.75, 3.05) is 38.2 Å². The van der Waals surface area contributed by atoms with Crippen LogP contribution in [-0.2, 0) is 16.1 Å². The van der Waals surface area contributed by atoms with Crippen LogP contribution in [-0.4, -0.2) is 43.7 Å². The monoisotopic (exact) mass is 403 g/mol. The summed E-state index contributed by atoms with van der Waals surface area (Å²) in [6.07, 6.45) is 5.32. The predicted octanol–water partition coefficient (Wildman–Crippen LogP) is 3.21. The molecule has 0 saturated carbocycles. The Labute approximate surface area is 168 Å².